The summed E-state index contributed by atoms with van der Waals surface area (Å²) in [4.78, 5) is 15.5. The average Bonchev–Trinajstić information content (AvgIpc) is 2.88. The molecule has 0 saturated heterocycles. The number of carbonyl (C=O) groups is 1. The lowest BCUT2D eigenvalue weighted by atomic mass is 10.1. The summed E-state index contributed by atoms with van der Waals surface area (Å²) in [5.74, 6) is -0.248. The van der Waals surface area contributed by atoms with Crippen LogP contribution in [0.2, 0.25) is 0 Å². The Kier molecular flexibility index (Phi) is 3.79. The first kappa shape index (κ1) is 14.5. The molecule has 0 fully saturated rings. The van der Waals surface area contributed by atoms with Gasteiger partial charge in [-0.3, -0.25) is 4.79 Å². The number of aryl methyl sites for hydroxylation is 1. The number of rotatable bonds is 3. The Morgan fingerprint density at radius 1 is 1.32 bits per heavy atom. The van der Waals surface area contributed by atoms with E-state index in [0.717, 1.165) is 16.6 Å². The number of aromatic amines is 1. The fourth-order valence-electron chi connectivity index (χ4n) is 2.18. The number of carbonyl (C=O) groups excluding carboxylic acids is 1. The Morgan fingerprint density at radius 3 is 2.91 bits per heavy atom. The van der Waals surface area contributed by atoms with Crippen LogP contribution < -0.4 is 5.32 Å². The Hall–Kier alpha value is -2.44. The third-order valence-electron chi connectivity index (χ3n) is 3.42. The van der Waals surface area contributed by atoms with Crippen LogP contribution in [0.3, 0.4) is 0 Å². The predicted molar refractivity (Wildman–Crippen MR) is 86.5 cm³/mol. The molecule has 5 nitrogen and oxygen atoms in total. The number of nitrogens with one attached hydrogen (secondary N) is 2. The van der Waals surface area contributed by atoms with E-state index >= 15 is 0 Å². The maximum absolute atomic E-state index is 12.4. The Bertz CT molecular complexity index is 911. The molecule has 0 atom stereocenters. The van der Waals surface area contributed by atoms with Crippen LogP contribution in [0.4, 0.5) is 5.69 Å². The number of aromatic nitrogens is 1. The normalized spacial score (nSPS) is 10.8. The number of benzene rings is 2. The van der Waals surface area contributed by atoms with Crippen LogP contribution in [0.5, 0.6) is 0 Å². The van der Waals surface area contributed by atoms with E-state index in [1.165, 1.54) is 0 Å². The number of amides is 1. The van der Waals surface area contributed by atoms with Gasteiger partial charge >= 0.3 is 0 Å². The molecule has 3 rings (SSSR count). The minimum absolute atomic E-state index is 0.0705. The molecule has 0 bridgehead atoms. The van der Waals surface area contributed by atoms with Crippen LogP contribution in [0, 0.1) is 11.8 Å². The van der Waals surface area contributed by atoms with E-state index in [-0.39, 0.29) is 17.4 Å². The number of hydrogen-bond donors (Lipinski definition) is 3. The van der Waals surface area contributed by atoms with Crippen molar-refractivity contribution in [3.8, 4) is 0 Å². The van der Waals surface area contributed by atoms with Gasteiger partial charge in [-0.15, -0.1) is 0 Å². The summed E-state index contributed by atoms with van der Waals surface area (Å²) < 4.78 is 5.32. The maximum Gasteiger partial charge on any atom is 0.266 e. The van der Waals surface area contributed by atoms with Crippen molar-refractivity contribution in [2.45, 2.75) is 13.5 Å². The van der Waals surface area contributed by atoms with Crippen LogP contribution in [0.25, 0.3) is 11.1 Å². The van der Waals surface area contributed by atoms with Gasteiger partial charge in [0.05, 0.1) is 12.1 Å². The molecule has 0 unspecified atom stereocenters. The average molecular weight is 314 g/mol. The van der Waals surface area contributed by atoms with Crippen molar-refractivity contribution in [1.82, 2.24) is 4.98 Å². The molecular formula is C16H14N2O3S. The summed E-state index contributed by atoms with van der Waals surface area (Å²) >= 11 is 4.93. The molecular weight excluding hydrogens is 300 g/mol. The van der Waals surface area contributed by atoms with Gasteiger partial charge in [0.25, 0.3) is 10.7 Å². The molecule has 3 aromatic rings. The van der Waals surface area contributed by atoms with E-state index in [2.05, 4.69) is 10.3 Å². The third kappa shape index (κ3) is 2.79. The maximum atomic E-state index is 12.4. The SMILES string of the molecule is Cc1ccc(CO)cc1NC(=O)c1ccc2[nH]c(=S)oc2c1. The number of fused-ring (bicyclic) bond motifs is 1. The summed E-state index contributed by atoms with van der Waals surface area (Å²) in [6.45, 7) is 1.82. The van der Waals surface area contributed by atoms with Crippen LogP contribution in [-0.4, -0.2) is 16.0 Å². The number of anilines is 1. The fourth-order valence-corrected chi connectivity index (χ4v) is 2.38. The van der Waals surface area contributed by atoms with Gasteiger partial charge in [0.1, 0.15) is 0 Å². The molecule has 0 aliphatic heterocycles. The molecule has 1 heterocycles. The van der Waals surface area contributed by atoms with E-state index < -0.39 is 0 Å². The van der Waals surface area contributed by atoms with Crippen LogP contribution in [0.1, 0.15) is 21.5 Å². The minimum Gasteiger partial charge on any atom is -0.429 e. The number of aliphatic hydroxyl groups is 1. The second kappa shape index (κ2) is 5.75. The van der Waals surface area contributed by atoms with Crippen molar-refractivity contribution in [2.24, 2.45) is 0 Å². The van der Waals surface area contributed by atoms with E-state index in [9.17, 15) is 9.90 Å². The number of H-pyrrole nitrogens is 1. The molecule has 112 valence electrons. The van der Waals surface area contributed by atoms with Gasteiger partial charge in [-0.25, -0.2) is 0 Å². The van der Waals surface area contributed by atoms with E-state index in [1.807, 2.05) is 19.1 Å². The van der Waals surface area contributed by atoms with Crippen molar-refractivity contribution < 1.29 is 14.3 Å². The largest absolute Gasteiger partial charge is 0.429 e. The first-order chi connectivity index (χ1) is 10.6. The first-order valence-corrected chi connectivity index (χ1v) is 7.12. The summed E-state index contributed by atoms with van der Waals surface area (Å²) in [5, 5.41) is 12.0. The van der Waals surface area contributed by atoms with Gasteiger partial charge in [0.2, 0.25) is 0 Å². The second-order valence-electron chi connectivity index (χ2n) is 4.99. The van der Waals surface area contributed by atoms with Crippen LogP contribution >= 0.6 is 12.2 Å². The van der Waals surface area contributed by atoms with Crippen molar-refractivity contribution in [3.63, 3.8) is 0 Å². The highest BCUT2D eigenvalue weighted by Crippen LogP contribution is 2.20. The van der Waals surface area contributed by atoms with E-state index in [4.69, 9.17) is 16.6 Å². The van der Waals surface area contributed by atoms with Gasteiger partial charge in [0, 0.05) is 11.3 Å². The zero-order valence-electron chi connectivity index (χ0n) is 11.8. The van der Waals surface area contributed by atoms with Crippen LogP contribution in [-0.2, 0) is 6.61 Å². The molecule has 0 spiro atoms. The van der Waals surface area contributed by atoms with E-state index in [0.29, 0.717) is 16.8 Å². The van der Waals surface area contributed by atoms with Gasteiger partial charge in [-0.2, -0.15) is 0 Å². The minimum atomic E-state index is -0.248. The Morgan fingerprint density at radius 2 is 2.14 bits per heavy atom. The Balaban J connectivity index is 1.91. The quantitative estimate of drug-likeness (QED) is 0.646. The van der Waals surface area contributed by atoms with E-state index in [1.54, 1.807) is 24.3 Å². The molecule has 1 amide bonds. The zero-order valence-corrected chi connectivity index (χ0v) is 12.7. The summed E-state index contributed by atoms with van der Waals surface area (Å²) in [7, 11) is 0. The first-order valence-electron chi connectivity index (χ1n) is 6.71. The standard InChI is InChI=1S/C16H14N2O3S/c1-9-2-3-10(8-19)6-13(9)17-15(20)11-4-5-12-14(7-11)21-16(22)18-12/h2-7,19H,8H2,1H3,(H,17,20)(H,18,22). The lowest BCUT2D eigenvalue weighted by molar-refractivity contribution is 0.102. The van der Waals surface area contributed by atoms with Gasteiger partial charge in [-0.1, -0.05) is 12.1 Å². The molecule has 2 aromatic carbocycles. The van der Waals surface area contributed by atoms with Gasteiger partial charge in [0.15, 0.2) is 5.58 Å². The summed E-state index contributed by atoms with van der Waals surface area (Å²) in [6.07, 6.45) is 0. The van der Waals surface area contributed by atoms with Crippen LogP contribution in [0.15, 0.2) is 40.8 Å². The lowest BCUT2D eigenvalue weighted by Gasteiger charge is -2.10. The van der Waals surface area contributed by atoms with Gasteiger partial charge in [-0.05, 0) is 54.5 Å². The Labute approximate surface area is 131 Å². The van der Waals surface area contributed by atoms with Crippen molar-refractivity contribution in [3.05, 3.63) is 57.9 Å². The molecule has 0 aliphatic rings. The number of aliphatic hydroxyl groups excluding tert-OH is 1. The topological polar surface area (TPSA) is 78.3 Å². The molecule has 1 aromatic heterocycles. The molecule has 22 heavy (non-hydrogen) atoms. The second-order valence-corrected chi connectivity index (χ2v) is 5.36. The molecule has 0 saturated carbocycles. The molecule has 3 N–H and O–H groups in total. The van der Waals surface area contributed by atoms with Crippen molar-refractivity contribution in [1.29, 1.82) is 0 Å². The smallest absolute Gasteiger partial charge is 0.266 e. The summed E-state index contributed by atoms with van der Waals surface area (Å²) in [5.41, 5.74) is 4.10. The highest BCUT2D eigenvalue weighted by Gasteiger charge is 2.10. The van der Waals surface area contributed by atoms with Crippen molar-refractivity contribution in [2.75, 3.05) is 5.32 Å². The monoisotopic (exact) mass is 314 g/mol. The summed E-state index contributed by atoms with van der Waals surface area (Å²) in [6, 6.07) is 10.5. The molecule has 6 heteroatoms. The lowest BCUT2D eigenvalue weighted by Crippen LogP contribution is -2.13. The molecule has 0 radical (unpaired) electrons. The predicted octanol–water partition coefficient (Wildman–Crippen LogP) is 3.54. The van der Waals surface area contributed by atoms with Crippen molar-refractivity contribution >= 4 is 34.9 Å². The molecule has 0 aliphatic carbocycles. The number of hydrogen-bond acceptors (Lipinski definition) is 4. The highest BCUT2D eigenvalue weighted by molar-refractivity contribution is 7.71. The van der Waals surface area contributed by atoms with Gasteiger partial charge < -0.3 is 19.8 Å². The highest BCUT2D eigenvalue weighted by atomic mass is 32.1. The number of oxazole rings is 1. The fraction of sp³-hybridized carbons (Fsp3) is 0.125. The third-order valence-corrected chi connectivity index (χ3v) is 3.60. The zero-order chi connectivity index (χ0) is 15.7.